The minimum Gasteiger partial charge on any atom is -0.423 e. The summed E-state index contributed by atoms with van der Waals surface area (Å²) in [4.78, 5) is 36.2. The average molecular weight is 429 g/mol. The number of ether oxygens (including phenoxy) is 1. The molecule has 0 aromatic heterocycles. The predicted octanol–water partition coefficient (Wildman–Crippen LogP) is 3.92. The molecule has 32 heavy (non-hydrogen) atoms. The quantitative estimate of drug-likeness (QED) is 0.211. The van der Waals surface area contributed by atoms with Crippen LogP contribution in [-0.4, -0.2) is 24.0 Å². The summed E-state index contributed by atoms with van der Waals surface area (Å²) in [6, 6.07) is 19.1. The third kappa shape index (κ3) is 5.89. The first-order chi connectivity index (χ1) is 15.3. The number of nitrogens with one attached hydrogen (secondary N) is 2. The zero-order valence-corrected chi connectivity index (χ0v) is 18.0. The summed E-state index contributed by atoms with van der Waals surface area (Å²) in [6.07, 6.45) is 1.38. The Balaban J connectivity index is 1.52. The van der Waals surface area contributed by atoms with E-state index in [0.29, 0.717) is 22.6 Å². The van der Waals surface area contributed by atoms with E-state index >= 15 is 0 Å². The molecule has 0 spiro atoms. The zero-order chi connectivity index (χ0) is 23.1. The lowest BCUT2D eigenvalue weighted by Crippen LogP contribution is -2.32. The fourth-order valence-electron chi connectivity index (χ4n) is 2.81. The fourth-order valence-corrected chi connectivity index (χ4v) is 2.81. The molecule has 0 fully saturated rings. The number of aryl methyl sites for hydroxylation is 3. The Morgan fingerprint density at radius 3 is 2.22 bits per heavy atom. The highest BCUT2D eigenvalue weighted by molar-refractivity contribution is 6.39. The first-order valence-corrected chi connectivity index (χ1v) is 9.93. The number of hydrazone groups is 1. The maximum absolute atomic E-state index is 12.3. The van der Waals surface area contributed by atoms with Crippen molar-refractivity contribution in [2.75, 3.05) is 5.32 Å². The van der Waals surface area contributed by atoms with Crippen molar-refractivity contribution in [2.24, 2.45) is 5.10 Å². The number of carbonyl (C=O) groups excluding carboxylic acids is 3. The number of esters is 1. The molecule has 0 bridgehead atoms. The number of amides is 2. The summed E-state index contributed by atoms with van der Waals surface area (Å²) in [5.41, 5.74) is 6.80. The van der Waals surface area contributed by atoms with Gasteiger partial charge in [0.2, 0.25) is 0 Å². The molecule has 7 nitrogen and oxygen atoms in total. The van der Waals surface area contributed by atoms with E-state index < -0.39 is 17.8 Å². The van der Waals surface area contributed by atoms with Crippen molar-refractivity contribution in [3.63, 3.8) is 0 Å². The van der Waals surface area contributed by atoms with Gasteiger partial charge in [0, 0.05) is 5.69 Å². The molecular weight excluding hydrogens is 406 g/mol. The van der Waals surface area contributed by atoms with Crippen molar-refractivity contribution < 1.29 is 19.1 Å². The van der Waals surface area contributed by atoms with Crippen LogP contribution in [0.5, 0.6) is 5.75 Å². The largest absolute Gasteiger partial charge is 0.423 e. The minimum absolute atomic E-state index is 0.382. The van der Waals surface area contributed by atoms with Crippen LogP contribution in [0.15, 0.2) is 71.8 Å². The molecule has 0 unspecified atom stereocenters. The number of anilines is 1. The molecule has 2 N–H and O–H groups in total. The molecular formula is C25H23N3O4. The lowest BCUT2D eigenvalue weighted by Gasteiger charge is -2.07. The Bertz CT molecular complexity index is 1180. The van der Waals surface area contributed by atoms with Crippen molar-refractivity contribution in [1.82, 2.24) is 5.43 Å². The van der Waals surface area contributed by atoms with E-state index in [1.54, 1.807) is 48.5 Å². The second-order valence-electron chi connectivity index (χ2n) is 7.23. The molecule has 0 aliphatic carbocycles. The normalized spacial score (nSPS) is 10.6. The summed E-state index contributed by atoms with van der Waals surface area (Å²) in [5, 5.41) is 6.32. The molecule has 3 rings (SSSR count). The molecule has 2 amide bonds. The number of nitrogens with zero attached hydrogens (tertiary/aromatic N) is 1. The van der Waals surface area contributed by atoms with Gasteiger partial charge in [-0.05, 0) is 85.5 Å². The van der Waals surface area contributed by atoms with Crippen molar-refractivity contribution in [3.05, 3.63) is 94.5 Å². The highest BCUT2D eigenvalue weighted by atomic mass is 16.5. The van der Waals surface area contributed by atoms with E-state index in [1.165, 1.54) is 6.21 Å². The number of hydrogen-bond donors (Lipinski definition) is 2. The SMILES string of the molecule is Cc1ccc(NC(=O)C(=O)NN=Cc2ccc(OC(=O)c3ccccc3C)cc2)cc1C. The Kier molecular flexibility index (Phi) is 7.13. The third-order valence-electron chi connectivity index (χ3n) is 4.81. The van der Waals surface area contributed by atoms with E-state index in [0.717, 1.165) is 16.7 Å². The Hall–Kier alpha value is -4.26. The van der Waals surface area contributed by atoms with E-state index in [2.05, 4.69) is 15.8 Å². The fraction of sp³-hybridized carbons (Fsp3) is 0.120. The van der Waals surface area contributed by atoms with Crippen molar-refractivity contribution in [2.45, 2.75) is 20.8 Å². The molecule has 0 saturated carbocycles. The van der Waals surface area contributed by atoms with E-state index in [1.807, 2.05) is 39.0 Å². The first-order valence-electron chi connectivity index (χ1n) is 9.93. The topological polar surface area (TPSA) is 96.9 Å². The van der Waals surface area contributed by atoms with Gasteiger partial charge in [0.05, 0.1) is 11.8 Å². The molecule has 0 saturated heterocycles. The highest BCUT2D eigenvalue weighted by Gasteiger charge is 2.13. The zero-order valence-electron chi connectivity index (χ0n) is 18.0. The molecule has 0 radical (unpaired) electrons. The molecule has 0 aliphatic rings. The number of carbonyl (C=O) groups is 3. The van der Waals surface area contributed by atoms with Crippen LogP contribution in [0.4, 0.5) is 5.69 Å². The highest BCUT2D eigenvalue weighted by Crippen LogP contribution is 2.16. The van der Waals surface area contributed by atoms with Gasteiger partial charge in [0.15, 0.2) is 0 Å². The summed E-state index contributed by atoms with van der Waals surface area (Å²) >= 11 is 0. The van der Waals surface area contributed by atoms with Crippen molar-refractivity contribution >= 4 is 29.7 Å². The Morgan fingerprint density at radius 2 is 1.53 bits per heavy atom. The van der Waals surface area contributed by atoms with Crippen LogP contribution in [0.25, 0.3) is 0 Å². The average Bonchev–Trinajstić information content (AvgIpc) is 2.77. The van der Waals surface area contributed by atoms with Crippen LogP contribution in [0.2, 0.25) is 0 Å². The summed E-state index contributed by atoms with van der Waals surface area (Å²) < 4.78 is 5.38. The van der Waals surface area contributed by atoms with Crippen LogP contribution in [0.3, 0.4) is 0 Å². The summed E-state index contributed by atoms with van der Waals surface area (Å²) in [7, 11) is 0. The predicted molar refractivity (Wildman–Crippen MR) is 123 cm³/mol. The summed E-state index contributed by atoms with van der Waals surface area (Å²) in [6.45, 7) is 5.72. The van der Waals surface area contributed by atoms with Gasteiger partial charge in [0.1, 0.15) is 5.75 Å². The molecule has 0 atom stereocenters. The number of benzene rings is 3. The minimum atomic E-state index is -0.886. The Morgan fingerprint density at radius 1 is 0.812 bits per heavy atom. The smallest absolute Gasteiger partial charge is 0.343 e. The van der Waals surface area contributed by atoms with Gasteiger partial charge < -0.3 is 10.1 Å². The van der Waals surface area contributed by atoms with Crippen LogP contribution in [0.1, 0.15) is 32.6 Å². The van der Waals surface area contributed by atoms with Gasteiger partial charge in [-0.2, -0.15) is 5.10 Å². The molecule has 7 heteroatoms. The lowest BCUT2D eigenvalue weighted by atomic mass is 10.1. The van der Waals surface area contributed by atoms with Gasteiger partial charge in [-0.15, -0.1) is 0 Å². The van der Waals surface area contributed by atoms with Crippen molar-refractivity contribution in [3.8, 4) is 5.75 Å². The lowest BCUT2D eigenvalue weighted by molar-refractivity contribution is -0.136. The van der Waals surface area contributed by atoms with Gasteiger partial charge in [-0.1, -0.05) is 24.3 Å². The molecule has 0 heterocycles. The van der Waals surface area contributed by atoms with E-state index in [-0.39, 0.29) is 0 Å². The number of hydrogen-bond acceptors (Lipinski definition) is 5. The van der Waals surface area contributed by atoms with E-state index in [4.69, 9.17) is 4.74 Å². The second-order valence-corrected chi connectivity index (χ2v) is 7.23. The standard InChI is InChI=1S/C25H23N3O4/c1-16-8-11-20(14-18(16)3)27-23(29)24(30)28-26-15-19-9-12-21(13-10-19)32-25(31)22-7-5-4-6-17(22)2/h4-15H,1-3H3,(H,27,29)(H,28,30). The molecule has 3 aromatic rings. The second kappa shape index (κ2) is 10.2. The summed E-state index contributed by atoms with van der Waals surface area (Å²) in [5.74, 6) is -1.76. The Labute approximate surface area is 186 Å². The first kappa shape index (κ1) is 22.4. The molecule has 3 aromatic carbocycles. The van der Waals surface area contributed by atoms with Crippen LogP contribution >= 0.6 is 0 Å². The van der Waals surface area contributed by atoms with E-state index in [9.17, 15) is 14.4 Å². The molecule has 0 aliphatic heterocycles. The van der Waals surface area contributed by atoms with Crippen molar-refractivity contribution in [1.29, 1.82) is 0 Å². The van der Waals surface area contributed by atoms with Gasteiger partial charge >= 0.3 is 17.8 Å². The van der Waals surface area contributed by atoms with Crippen LogP contribution in [-0.2, 0) is 9.59 Å². The maximum atomic E-state index is 12.3. The third-order valence-corrected chi connectivity index (χ3v) is 4.81. The maximum Gasteiger partial charge on any atom is 0.343 e. The molecule has 162 valence electrons. The number of rotatable bonds is 5. The van der Waals surface area contributed by atoms with Gasteiger partial charge in [0.25, 0.3) is 0 Å². The van der Waals surface area contributed by atoms with Gasteiger partial charge in [-0.25, -0.2) is 10.2 Å². The monoisotopic (exact) mass is 429 g/mol. The van der Waals surface area contributed by atoms with Gasteiger partial charge in [-0.3, -0.25) is 9.59 Å². The van der Waals surface area contributed by atoms with Crippen LogP contribution < -0.4 is 15.5 Å². The van der Waals surface area contributed by atoms with Crippen LogP contribution in [0, 0.1) is 20.8 Å².